The Morgan fingerprint density at radius 3 is 2.92 bits per heavy atom. The highest BCUT2D eigenvalue weighted by Gasteiger charge is 2.19. The van der Waals surface area contributed by atoms with Crippen molar-refractivity contribution >= 4 is 5.96 Å². The number of hydrogen-bond acceptors (Lipinski definition) is 3. The van der Waals surface area contributed by atoms with Crippen molar-refractivity contribution in [2.45, 2.75) is 31.6 Å². The van der Waals surface area contributed by atoms with Gasteiger partial charge in [0.2, 0.25) is 0 Å². The summed E-state index contributed by atoms with van der Waals surface area (Å²) in [6, 6.07) is 8.86. The number of hydrogen-bond donors (Lipinski definition) is 2. The van der Waals surface area contributed by atoms with Gasteiger partial charge in [0.05, 0.1) is 0 Å². The number of aryl methyl sites for hydroxylation is 1. The van der Waals surface area contributed by atoms with E-state index in [1.165, 1.54) is 30.4 Å². The van der Waals surface area contributed by atoms with E-state index in [9.17, 15) is 0 Å². The molecule has 0 bridgehead atoms. The predicted molar refractivity (Wildman–Crippen MR) is 105 cm³/mol. The van der Waals surface area contributed by atoms with Crippen LogP contribution in [0.15, 0.2) is 29.3 Å². The number of guanidine groups is 1. The fourth-order valence-electron chi connectivity index (χ4n) is 3.46. The minimum Gasteiger partial charge on any atom is -0.385 e. The van der Waals surface area contributed by atoms with Gasteiger partial charge < -0.3 is 20.3 Å². The molecule has 1 aromatic rings. The molecule has 5 heteroatoms. The number of nitrogens with one attached hydrogen (secondary N) is 2. The van der Waals surface area contributed by atoms with E-state index < -0.39 is 0 Å². The summed E-state index contributed by atoms with van der Waals surface area (Å²) in [7, 11) is 5.74. The molecule has 0 saturated carbocycles. The standard InChI is InChI=1S/C20H34N4O/c1-21-20(22-12-14-24(2)13-7-15-25-3)23-16-18-10-6-9-17-8-4-5-11-19(17)18/h4-5,8,11,18H,6-7,9-10,12-16H2,1-3H3,(H2,21,22,23). The number of rotatable bonds is 9. The Hall–Kier alpha value is -1.59. The van der Waals surface area contributed by atoms with Gasteiger partial charge in [-0.25, -0.2) is 0 Å². The number of methoxy groups -OCH3 is 1. The molecule has 0 radical (unpaired) electrons. The van der Waals surface area contributed by atoms with Crippen molar-refractivity contribution in [1.29, 1.82) is 0 Å². The van der Waals surface area contributed by atoms with Crippen molar-refractivity contribution in [3.63, 3.8) is 0 Å². The summed E-state index contributed by atoms with van der Waals surface area (Å²) in [6.07, 6.45) is 4.82. The lowest BCUT2D eigenvalue weighted by molar-refractivity contribution is 0.180. The molecule has 140 valence electrons. The van der Waals surface area contributed by atoms with E-state index in [-0.39, 0.29) is 0 Å². The highest BCUT2D eigenvalue weighted by atomic mass is 16.5. The fourth-order valence-corrected chi connectivity index (χ4v) is 3.46. The normalized spacial score (nSPS) is 17.4. The van der Waals surface area contributed by atoms with Gasteiger partial charge in [-0.3, -0.25) is 4.99 Å². The van der Waals surface area contributed by atoms with E-state index >= 15 is 0 Å². The lowest BCUT2D eigenvalue weighted by atomic mass is 9.83. The Kier molecular flexibility index (Phi) is 8.77. The van der Waals surface area contributed by atoms with Crippen LogP contribution >= 0.6 is 0 Å². The van der Waals surface area contributed by atoms with E-state index in [1.54, 1.807) is 7.11 Å². The van der Waals surface area contributed by atoms with Crippen molar-refractivity contribution in [3.8, 4) is 0 Å². The Morgan fingerprint density at radius 1 is 1.28 bits per heavy atom. The third-order valence-electron chi connectivity index (χ3n) is 4.91. The Balaban J connectivity index is 1.71. The zero-order chi connectivity index (χ0) is 17.9. The first-order valence-electron chi connectivity index (χ1n) is 9.44. The first-order valence-corrected chi connectivity index (χ1v) is 9.44. The van der Waals surface area contributed by atoms with Crippen molar-refractivity contribution in [1.82, 2.24) is 15.5 Å². The maximum atomic E-state index is 5.10. The van der Waals surface area contributed by atoms with Crippen LogP contribution in [-0.4, -0.2) is 64.9 Å². The van der Waals surface area contributed by atoms with Crippen LogP contribution in [0.3, 0.4) is 0 Å². The van der Waals surface area contributed by atoms with Crippen LogP contribution in [-0.2, 0) is 11.2 Å². The van der Waals surface area contributed by atoms with Crippen LogP contribution in [0.4, 0.5) is 0 Å². The molecule has 5 nitrogen and oxygen atoms in total. The Bertz CT molecular complexity index is 532. The van der Waals surface area contributed by atoms with Gasteiger partial charge in [0.25, 0.3) is 0 Å². The zero-order valence-electron chi connectivity index (χ0n) is 16.1. The number of benzene rings is 1. The summed E-state index contributed by atoms with van der Waals surface area (Å²) in [5, 5.41) is 6.93. The molecule has 1 aliphatic carbocycles. The molecule has 25 heavy (non-hydrogen) atoms. The van der Waals surface area contributed by atoms with Crippen LogP contribution in [0.25, 0.3) is 0 Å². The summed E-state index contributed by atoms with van der Waals surface area (Å²) in [5.74, 6) is 1.48. The lowest BCUT2D eigenvalue weighted by Gasteiger charge is -2.26. The predicted octanol–water partition coefficient (Wildman–Crippen LogP) is 2.24. The SMILES string of the molecule is CN=C(NCCN(C)CCCOC)NCC1CCCc2ccccc21. The number of ether oxygens (including phenoxy) is 1. The zero-order valence-corrected chi connectivity index (χ0v) is 16.1. The van der Waals surface area contributed by atoms with Crippen molar-refractivity contribution in [2.75, 3.05) is 54.0 Å². The van der Waals surface area contributed by atoms with E-state index in [0.29, 0.717) is 5.92 Å². The minimum atomic E-state index is 0.584. The van der Waals surface area contributed by atoms with E-state index in [1.807, 2.05) is 7.05 Å². The molecule has 2 N–H and O–H groups in total. The second-order valence-corrected chi connectivity index (χ2v) is 6.82. The highest BCUT2D eigenvalue weighted by molar-refractivity contribution is 5.79. The summed E-state index contributed by atoms with van der Waals surface area (Å²) >= 11 is 0. The van der Waals surface area contributed by atoms with Gasteiger partial charge in [0, 0.05) is 52.9 Å². The van der Waals surface area contributed by atoms with Crippen LogP contribution in [0, 0.1) is 0 Å². The molecule has 0 saturated heterocycles. The smallest absolute Gasteiger partial charge is 0.191 e. The van der Waals surface area contributed by atoms with Gasteiger partial charge in [-0.05, 0) is 43.9 Å². The quantitative estimate of drug-likeness (QED) is 0.409. The molecule has 0 aromatic heterocycles. The molecule has 0 amide bonds. The van der Waals surface area contributed by atoms with Crippen molar-refractivity contribution < 1.29 is 4.74 Å². The van der Waals surface area contributed by atoms with E-state index in [4.69, 9.17) is 4.74 Å². The molecule has 1 unspecified atom stereocenters. The second kappa shape index (κ2) is 11.1. The fraction of sp³-hybridized carbons (Fsp3) is 0.650. The average molecular weight is 347 g/mol. The highest BCUT2D eigenvalue weighted by Crippen LogP contribution is 2.30. The van der Waals surface area contributed by atoms with Crippen LogP contribution in [0.2, 0.25) is 0 Å². The van der Waals surface area contributed by atoms with Gasteiger partial charge in [0.1, 0.15) is 0 Å². The monoisotopic (exact) mass is 346 g/mol. The number of nitrogens with zero attached hydrogens (tertiary/aromatic N) is 2. The Labute approximate surface area is 152 Å². The maximum Gasteiger partial charge on any atom is 0.191 e. The largest absolute Gasteiger partial charge is 0.385 e. The van der Waals surface area contributed by atoms with E-state index in [0.717, 1.165) is 45.2 Å². The van der Waals surface area contributed by atoms with Crippen LogP contribution < -0.4 is 10.6 Å². The molecule has 0 fully saturated rings. The molecule has 1 aromatic carbocycles. The van der Waals surface area contributed by atoms with Gasteiger partial charge in [0.15, 0.2) is 5.96 Å². The van der Waals surface area contributed by atoms with Crippen LogP contribution in [0.1, 0.15) is 36.3 Å². The first kappa shape index (κ1) is 19.7. The number of likely N-dealkylation sites (N-methyl/N-ethyl adjacent to an activating group) is 1. The summed E-state index contributed by atoms with van der Waals surface area (Å²) in [5.41, 5.74) is 3.02. The maximum absolute atomic E-state index is 5.10. The second-order valence-electron chi connectivity index (χ2n) is 6.82. The summed E-state index contributed by atoms with van der Waals surface area (Å²) in [4.78, 5) is 6.67. The molecule has 1 aliphatic rings. The van der Waals surface area contributed by atoms with Crippen molar-refractivity contribution in [2.24, 2.45) is 4.99 Å². The molecular formula is C20H34N4O. The van der Waals surface area contributed by atoms with Gasteiger partial charge in [-0.1, -0.05) is 24.3 Å². The van der Waals surface area contributed by atoms with Gasteiger partial charge in [-0.15, -0.1) is 0 Å². The summed E-state index contributed by atoms with van der Waals surface area (Å²) < 4.78 is 5.10. The average Bonchev–Trinajstić information content (AvgIpc) is 2.64. The molecule has 2 rings (SSSR count). The lowest BCUT2D eigenvalue weighted by Crippen LogP contribution is -2.42. The minimum absolute atomic E-state index is 0.584. The number of aliphatic imine (C=N–C) groups is 1. The van der Waals surface area contributed by atoms with Gasteiger partial charge in [-0.2, -0.15) is 0 Å². The third kappa shape index (κ3) is 6.67. The molecule has 0 heterocycles. The third-order valence-corrected chi connectivity index (χ3v) is 4.91. The molecule has 1 atom stereocenters. The summed E-state index contributed by atoms with van der Waals surface area (Å²) in [6.45, 7) is 4.71. The molecular weight excluding hydrogens is 312 g/mol. The Morgan fingerprint density at radius 2 is 2.12 bits per heavy atom. The molecule has 0 spiro atoms. The molecule has 0 aliphatic heterocycles. The van der Waals surface area contributed by atoms with Crippen LogP contribution in [0.5, 0.6) is 0 Å². The van der Waals surface area contributed by atoms with Crippen molar-refractivity contribution in [3.05, 3.63) is 35.4 Å². The van der Waals surface area contributed by atoms with E-state index in [2.05, 4.69) is 51.8 Å². The number of fused-ring (bicyclic) bond motifs is 1. The first-order chi connectivity index (χ1) is 12.2. The topological polar surface area (TPSA) is 48.9 Å². The van der Waals surface area contributed by atoms with Gasteiger partial charge >= 0.3 is 0 Å².